The predicted molar refractivity (Wildman–Crippen MR) is 100 cm³/mol. The molecule has 1 aromatic heterocycles. The van der Waals surface area contributed by atoms with Crippen molar-refractivity contribution in [3.63, 3.8) is 0 Å². The Morgan fingerprint density at radius 3 is 2.58 bits per heavy atom. The zero-order valence-corrected chi connectivity index (χ0v) is 16.2. The van der Waals surface area contributed by atoms with Crippen molar-refractivity contribution in [2.24, 2.45) is 11.8 Å². The molecule has 136 valence electrons. The lowest BCUT2D eigenvalue weighted by molar-refractivity contribution is -0.138. The summed E-state index contributed by atoms with van der Waals surface area (Å²) < 4.78 is 0. The predicted octanol–water partition coefficient (Wildman–Crippen LogP) is 4.17. The number of carbonyl (C=O) groups excluding carboxylic acids is 2. The molecule has 2 amide bonds. The van der Waals surface area contributed by atoms with Crippen LogP contribution in [0.5, 0.6) is 0 Å². The van der Waals surface area contributed by atoms with E-state index in [1.807, 2.05) is 5.38 Å². The van der Waals surface area contributed by atoms with Crippen LogP contribution < -0.4 is 5.32 Å². The second-order valence-electron chi connectivity index (χ2n) is 6.58. The Labute approximate surface area is 149 Å². The molecule has 6 heteroatoms. The molecule has 0 aliphatic carbocycles. The number of aromatic nitrogens is 1. The lowest BCUT2D eigenvalue weighted by Crippen LogP contribution is -2.42. The second-order valence-corrected chi connectivity index (χ2v) is 7.47. The average Bonchev–Trinajstić information content (AvgIpc) is 3.04. The van der Waals surface area contributed by atoms with Crippen molar-refractivity contribution in [3.05, 3.63) is 11.6 Å². The van der Waals surface area contributed by atoms with Gasteiger partial charge in [-0.15, -0.1) is 11.3 Å². The summed E-state index contributed by atoms with van der Waals surface area (Å²) in [5.74, 6) is 0.455. The van der Waals surface area contributed by atoms with E-state index in [-0.39, 0.29) is 24.3 Å². The van der Waals surface area contributed by atoms with Gasteiger partial charge in [0, 0.05) is 24.0 Å². The molecule has 5 nitrogen and oxygen atoms in total. The number of anilines is 1. The van der Waals surface area contributed by atoms with Crippen molar-refractivity contribution in [2.75, 3.05) is 18.4 Å². The minimum atomic E-state index is -0.174. The van der Waals surface area contributed by atoms with E-state index in [0.717, 1.165) is 32.1 Å². The van der Waals surface area contributed by atoms with Crippen molar-refractivity contribution in [1.82, 2.24) is 9.88 Å². The number of carbonyl (C=O) groups is 2. The standard InChI is InChI=1S/C18H31N3O2S/c1-5-7-8-15(6-2)17(23)21(11-9-14(3)4)13-16(22)20-18-19-10-12-24-18/h10,12,14-15H,5-9,11,13H2,1-4H3,(H,19,20,22). The fourth-order valence-electron chi connectivity index (χ4n) is 2.51. The smallest absolute Gasteiger partial charge is 0.245 e. The van der Waals surface area contributed by atoms with Gasteiger partial charge in [-0.2, -0.15) is 0 Å². The van der Waals surface area contributed by atoms with E-state index >= 15 is 0 Å². The Balaban J connectivity index is 2.70. The number of unbranched alkanes of at least 4 members (excludes halogenated alkanes) is 1. The SMILES string of the molecule is CCCCC(CC)C(=O)N(CCC(C)C)CC(=O)Nc1nccs1. The van der Waals surface area contributed by atoms with Crippen LogP contribution in [-0.2, 0) is 9.59 Å². The van der Waals surface area contributed by atoms with Crippen molar-refractivity contribution in [1.29, 1.82) is 0 Å². The quantitative estimate of drug-likeness (QED) is 0.649. The summed E-state index contributed by atoms with van der Waals surface area (Å²) in [7, 11) is 0. The molecule has 1 N–H and O–H groups in total. The van der Waals surface area contributed by atoms with E-state index in [1.165, 1.54) is 11.3 Å². The van der Waals surface area contributed by atoms with Gasteiger partial charge in [-0.25, -0.2) is 4.98 Å². The maximum absolute atomic E-state index is 12.9. The Hall–Kier alpha value is -1.43. The van der Waals surface area contributed by atoms with Crippen molar-refractivity contribution < 1.29 is 9.59 Å². The summed E-state index contributed by atoms with van der Waals surface area (Å²) in [6, 6.07) is 0. The fraction of sp³-hybridized carbons (Fsp3) is 0.722. The third-order valence-corrected chi connectivity index (χ3v) is 4.74. The topological polar surface area (TPSA) is 62.3 Å². The number of rotatable bonds is 11. The Morgan fingerprint density at radius 2 is 2.04 bits per heavy atom. The molecule has 24 heavy (non-hydrogen) atoms. The van der Waals surface area contributed by atoms with E-state index in [2.05, 4.69) is 38.0 Å². The van der Waals surface area contributed by atoms with E-state index in [4.69, 9.17) is 0 Å². The molecule has 0 saturated heterocycles. The zero-order valence-electron chi connectivity index (χ0n) is 15.4. The van der Waals surface area contributed by atoms with Crippen molar-refractivity contribution in [3.8, 4) is 0 Å². The lowest BCUT2D eigenvalue weighted by atomic mass is 9.97. The van der Waals surface area contributed by atoms with Crippen LogP contribution in [0.2, 0.25) is 0 Å². The molecule has 1 atom stereocenters. The third-order valence-electron chi connectivity index (χ3n) is 4.05. The number of hydrogen-bond acceptors (Lipinski definition) is 4. The van der Waals surface area contributed by atoms with E-state index in [1.54, 1.807) is 11.1 Å². The summed E-state index contributed by atoms with van der Waals surface area (Å²) in [4.78, 5) is 30.9. The van der Waals surface area contributed by atoms with E-state index in [9.17, 15) is 9.59 Å². The van der Waals surface area contributed by atoms with Gasteiger partial charge >= 0.3 is 0 Å². The number of thiazole rings is 1. The monoisotopic (exact) mass is 353 g/mol. The average molecular weight is 354 g/mol. The van der Waals surface area contributed by atoms with Crippen LogP contribution in [0.3, 0.4) is 0 Å². The van der Waals surface area contributed by atoms with Gasteiger partial charge in [0.1, 0.15) is 0 Å². The summed E-state index contributed by atoms with van der Waals surface area (Å²) in [6.07, 6.45) is 6.41. The minimum absolute atomic E-state index is 0.0183. The van der Waals surface area contributed by atoms with Crippen LogP contribution in [-0.4, -0.2) is 34.8 Å². The van der Waals surface area contributed by atoms with E-state index < -0.39 is 0 Å². The first-order valence-electron chi connectivity index (χ1n) is 8.96. The first-order chi connectivity index (χ1) is 11.5. The highest BCUT2D eigenvalue weighted by Gasteiger charge is 2.24. The minimum Gasteiger partial charge on any atom is -0.333 e. The summed E-state index contributed by atoms with van der Waals surface area (Å²) >= 11 is 1.38. The fourth-order valence-corrected chi connectivity index (χ4v) is 3.05. The first-order valence-corrected chi connectivity index (χ1v) is 9.83. The molecule has 0 aliphatic heterocycles. The van der Waals surface area contributed by atoms with Gasteiger partial charge in [0.25, 0.3) is 0 Å². The highest BCUT2D eigenvalue weighted by molar-refractivity contribution is 7.13. The molecule has 0 saturated carbocycles. The second kappa shape index (κ2) is 11.2. The van der Waals surface area contributed by atoms with Crippen LogP contribution in [0.15, 0.2) is 11.6 Å². The van der Waals surface area contributed by atoms with Gasteiger partial charge in [-0.05, 0) is 25.2 Å². The molecule has 0 radical (unpaired) electrons. The normalized spacial score (nSPS) is 12.2. The maximum Gasteiger partial charge on any atom is 0.245 e. The number of nitrogens with one attached hydrogen (secondary N) is 1. The molecular formula is C18H31N3O2S. The largest absolute Gasteiger partial charge is 0.333 e. The molecular weight excluding hydrogens is 322 g/mol. The van der Waals surface area contributed by atoms with Gasteiger partial charge in [0.2, 0.25) is 11.8 Å². The molecule has 0 bridgehead atoms. The number of nitrogens with zero attached hydrogens (tertiary/aromatic N) is 2. The Bertz CT molecular complexity index is 488. The molecule has 1 heterocycles. The molecule has 1 aromatic rings. The van der Waals surface area contributed by atoms with Gasteiger partial charge in [-0.3, -0.25) is 9.59 Å². The maximum atomic E-state index is 12.9. The third kappa shape index (κ3) is 7.43. The number of hydrogen-bond donors (Lipinski definition) is 1. The summed E-state index contributed by atoms with van der Waals surface area (Å²) in [5.41, 5.74) is 0. The van der Waals surface area contributed by atoms with Crippen LogP contribution in [0.4, 0.5) is 5.13 Å². The summed E-state index contributed by atoms with van der Waals surface area (Å²) in [6.45, 7) is 9.18. The zero-order chi connectivity index (χ0) is 17.9. The van der Waals surface area contributed by atoms with Crippen LogP contribution in [0, 0.1) is 11.8 Å². The van der Waals surface area contributed by atoms with Crippen LogP contribution in [0.1, 0.15) is 59.8 Å². The molecule has 1 unspecified atom stereocenters. The van der Waals surface area contributed by atoms with Crippen molar-refractivity contribution in [2.45, 2.75) is 59.8 Å². The number of amides is 2. The van der Waals surface area contributed by atoms with Gasteiger partial charge in [0.05, 0.1) is 6.54 Å². The van der Waals surface area contributed by atoms with Crippen LogP contribution in [0.25, 0.3) is 0 Å². The van der Waals surface area contributed by atoms with Gasteiger partial charge < -0.3 is 10.2 Å². The van der Waals surface area contributed by atoms with Crippen LogP contribution >= 0.6 is 11.3 Å². The molecule has 0 aliphatic rings. The lowest BCUT2D eigenvalue weighted by Gasteiger charge is -2.27. The molecule has 1 rings (SSSR count). The molecule has 0 aromatic carbocycles. The molecule has 0 fully saturated rings. The summed E-state index contributed by atoms with van der Waals surface area (Å²) in [5, 5.41) is 5.16. The first kappa shape index (κ1) is 20.6. The highest BCUT2D eigenvalue weighted by atomic mass is 32.1. The molecule has 0 spiro atoms. The van der Waals surface area contributed by atoms with Crippen molar-refractivity contribution >= 4 is 28.3 Å². The highest BCUT2D eigenvalue weighted by Crippen LogP contribution is 2.17. The Kier molecular flexibility index (Phi) is 9.60. The van der Waals surface area contributed by atoms with E-state index in [0.29, 0.717) is 17.6 Å². The Morgan fingerprint density at radius 1 is 1.29 bits per heavy atom. The van der Waals surface area contributed by atoms with Gasteiger partial charge in [0.15, 0.2) is 5.13 Å². The van der Waals surface area contributed by atoms with Gasteiger partial charge in [-0.1, -0.05) is 40.5 Å².